The molecular formula is C45H54F2N6O9. The van der Waals surface area contributed by atoms with E-state index >= 15 is 8.78 Å². The molecule has 15 nitrogen and oxygen atoms in total. The molecule has 0 unspecified atom stereocenters. The van der Waals surface area contributed by atoms with Crippen LogP contribution in [0.3, 0.4) is 0 Å². The van der Waals surface area contributed by atoms with Crippen LogP contribution < -0.4 is 9.64 Å². The Kier molecular flexibility index (Phi) is 12.5. The van der Waals surface area contributed by atoms with E-state index in [4.69, 9.17) is 33.1 Å². The SMILES string of the molecule is CCOC(=O)C=CCOCC(F)(F)c1nc(N2C[C@@H](Oc3nc4ccccc4n3[C@H]3CCN(C(=O)OC(C)(C)C)C[C@@H]3C)C[C@H]2C(=O)OC(C)(C)C)c2oc3ccccc3c2n1. The van der Waals surface area contributed by atoms with Gasteiger partial charge in [-0.2, -0.15) is 13.8 Å². The van der Waals surface area contributed by atoms with Gasteiger partial charge in [0.15, 0.2) is 11.4 Å². The minimum absolute atomic E-state index is 0.0169. The third kappa shape index (κ3) is 9.77. The first kappa shape index (κ1) is 44.2. The van der Waals surface area contributed by atoms with Gasteiger partial charge in [-0.25, -0.2) is 24.4 Å². The summed E-state index contributed by atoms with van der Waals surface area (Å²) in [7, 11) is 0. The van der Waals surface area contributed by atoms with Crippen LogP contribution >= 0.6 is 0 Å². The number of nitrogens with zero attached hydrogens (tertiary/aromatic N) is 6. The Morgan fingerprint density at radius 1 is 0.935 bits per heavy atom. The maximum Gasteiger partial charge on any atom is 0.410 e. The number of ether oxygens (including phenoxy) is 5. The molecule has 62 heavy (non-hydrogen) atoms. The monoisotopic (exact) mass is 860 g/mol. The molecule has 2 aliphatic heterocycles. The van der Waals surface area contributed by atoms with E-state index in [9.17, 15) is 14.4 Å². The minimum atomic E-state index is -3.71. The van der Waals surface area contributed by atoms with Gasteiger partial charge in [-0.3, -0.25) is 4.57 Å². The van der Waals surface area contributed by atoms with E-state index in [0.29, 0.717) is 42.0 Å². The van der Waals surface area contributed by atoms with Crippen LogP contribution in [0, 0.1) is 5.92 Å². The van der Waals surface area contributed by atoms with E-state index in [1.165, 1.54) is 6.08 Å². The lowest BCUT2D eigenvalue weighted by atomic mass is 9.93. The van der Waals surface area contributed by atoms with Crippen molar-refractivity contribution < 1.29 is 51.3 Å². The Bertz CT molecular complexity index is 2470. The molecule has 3 aromatic heterocycles. The molecule has 2 saturated heterocycles. The minimum Gasteiger partial charge on any atom is -0.463 e. The molecule has 0 N–H and O–H groups in total. The number of carbonyl (C=O) groups excluding carboxylic acids is 3. The number of furan rings is 1. The molecule has 0 radical (unpaired) electrons. The molecule has 0 saturated carbocycles. The highest BCUT2D eigenvalue weighted by Crippen LogP contribution is 2.41. The number of para-hydroxylation sites is 3. The molecule has 1 amide bonds. The first-order valence-electron chi connectivity index (χ1n) is 20.9. The molecule has 2 aliphatic rings. The van der Waals surface area contributed by atoms with Crippen LogP contribution in [0.2, 0.25) is 0 Å². The van der Waals surface area contributed by atoms with Crippen LogP contribution in [-0.2, 0) is 34.5 Å². The van der Waals surface area contributed by atoms with Crippen molar-refractivity contribution in [2.24, 2.45) is 5.92 Å². The molecular weight excluding hydrogens is 807 g/mol. The maximum atomic E-state index is 16.1. The molecule has 2 aromatic carbocycles. The van der Waals surface area contributed by atoms with E-state index in [1.54, 1.807) is 61.8 Å². The number of piperidine rings is 1. The average molecular weight is 861 g/mol. The molecule has 4 atom stereocenters. The Morgan fingerprint density at radius 2 is 1.66 bits per heavy atom. The summed E-state index contributed by atoms with van der Waals surface area (Å²) in [4.78, 5) is 55.8. The number of rotatable bonds is 12. The standard InChI is InChI=1S/C45H54F2N6O9/c1-9-58-35(54)19-14-22-57-26-45(46,47)40-49-36-29-15-10-13-18-34(29)60-37(36)38(50-40)52-25-28(23-33(52)39(55)61-43(3,4)5)59-41-48-30-16-11-12-17-32(30)53(41)31-20-21-51(24-27(31)2)42(56)62-44(6,7)8/h10-19,27-28,31,33H,9,20-26H2,1-8H3/t27-,28-,31-,33-/m0/s1. The number of alkyl halides is 2. The molecule has 7 rings (SSSR count). The molecule has 332 valence electrons. The fraction of sp³-hybridized carbons (Fsp3) is 0.511. The second kappa shape index (κ2) is 17.5. The highest BCUT2D eigenvalue weighted by Gasteiger charge is 2.45. The number of benzene rings is 2. The van der Waals surface area contributed by atoms with Gasteiger partial charge in [0, 0.05) is 37.0 Å². The van der Waals surface area contributed by atoms with Crippen molar-refractivity contribution in [3.63, 3.8) is 0 Å². The average Bonchev–Trinajstić information content (AvgIpc) is 3.90. The lowest BCUT2D eigenvalue weighted by molar-refractivity contribution is -0.156. The van der Waals surface area contributed by atoms with Crippen molar-refractivity contribution in [1.29, 1.82) is 0 Å². The molecule has 5 aromatic rings. The number of hydrogen-bond acceptors (Lipinski definition) is 13. The van der Waals surface area contributed by atoms with Gasteiger partial charge in [-0.1, -0.05) is 37.3 Å². The third-order valence-electron chi connectivity index (χ3n) is 10.5. The summed E-state index contributed by atoms with van der Waals surface area (Å²) in [5.41, 5.74) is 0.661. The number of anilines is 1. The van der Waals surface area contributed by atoms with Crippen LogP contribution in [0.5, 0.6) is 6.01 Å². The van der Waals surface area contributed by atoms with Gasteiger partial charge in [0.25, 0.3) is 6.01 Å². The van der Waals surface area contributed by atoms with Gasteiger partial charge in [0.1, 0.15) is 41.1 Å². The summed E-state index contributed by atoms with van der Waals surface area (Å²) in [6.45, 7) is 14.2. The van der Waals surface area contributed by atoms with Crippen LogP contribution in [0.25, 0.3) is 33.1 Å². The van der Waals surface area contributed by atoms with E-state index in [0.717, 1.165) is 11.6 Å². The third-order valence-corrected chi connectivity index (χ3v) is 10.5. The molecule has 5 heterocycles. The number of likely N-dealkylation sites (tertiary alicyclic amines) is 1. The predicted molar refractivity (Wildman–Crippen MR) is 226 cm³/mol. The zero-order chi connectivity index (χ0) is 44.6. The van der Waals surface area contributed by atoms with Crippen LogP contribution in [0.15, 0.2) is 65.1 Å². The zero-order valence-corrected chi connectivity index (χ0v) is 36.4. The number of imidazole rings is 1. The largest absolute Gasteiger partial charge is 0.463 e. The van der Waals surface area contributed by atoms with Crippen molar-refractivity contribution in [1.82, 2.24) is 24.4 Å². The fourth-order valence-electron chi connectivity index (χ4n) is 7.88. The summed E-state index contributed by atoms with van der Waals surface area (Å²) < 4.78 is 69.0. The summed E-state index contributed by atoms with van der Waals surface area (Å²) in [5.74, 6) is -5.84. The van der Waals surface area contributed by atoms with Crippen molar-refractivity contribution in [3.05, 3.63) is 66.5 Å². The number of carbonyl (C=O) groups is 3. The summed E-state index contributed by atoms with van der Waals surface area (Å²) in [5, 5.41) is 0.475. The number of aromatic nitrogens is 4. The Balaban J connectivity index is 1.23. The smallest absolute Gasteiger partial charge is 0.410 e. The fourth-order valence-corrected chi connectivity index (χ4v) is 7.88. The highest BCUT2D eigenvalue weighted by atomic mass is 19.3. The Hall–Kier alpha value is -5.84. The highest BCUT2D eigenvalue weighted by molar-refractivity contribution is 6.06. The van der Waals surface area contributed by atoms with Gasteiger partial charge in [-0.15, -0.1) is 0 Å². The zero-order valence-electron chi connectivity index (χ0n) is 36.4. The number of halogens is 2. The molecule has 0 spiro atoms. The van der Waals surface area contributed by atoms with Gasteiger partial charge in [0.05, 0.1) is 30.8 Å². The molecule has 17 heteroatoms. The Morgan fingerprint density at radius 3 is 2.39 bits per heavy atom. The summed E-state index contributed by atoms with van der Waals surface area (Å²) >= 11 is 0. The van der Waals surface area contributed by atoms with E-state index in [1.807, 2.05) is 45.0 Å². The van der Waals surface area contributed by atoms with Crippen LogP contribution in [0.1, 0.15) is 80.1 Å². The van der Waals surface area contributed by atoms with E-state index in [2.05, 4.69) is 21.5 Å². The summed E-state index contributed by atoms with van der Waals surface area (Å²) in [6, 6.07) is 13.7. The lowest BCUT2D eigenvalue weighted by Gasteiger charge is -2.38. The van der Waals surface area contributed by atoms with Crippen LogP contribution in [0.4, 0.5) is 19.4 Å². The number of amides is 1. The Labute approximate surface area is 358 Å². The second-order valence-corrected chi connectivity index (χ2v) is 17.7. The van der Waals surface area contributed by atoms with E-state index in [-0.39, 0.29) is 61.1 Å². The predicted octanol–water partition coefficient (Wildman–Crippen LogP) is 8.14. The summed E-state index contributed by atoms with van der Waals surface area (Å²) in [6.07, 6.45) is 2.01. The molecule has 0 bridgehead atoms. The van der Waals surface area contributed by atoms with Crippen molar-refractivity contribution in [2.75, 3.05) is 44.4 Å². The van der Waals surface area contributed by atoms with Crippen molar-refractivity contribution in [3.8, 4) is 6.01 Å². The topological polar surface area (TPSA) is 161 Å². The second-order valence-electron chi connectivity index (χ2n) is 17.7. The quantitative estimate of drug-likeness (QED) is 0.0512. The molecule has 2 fully saturated rings. The number of esters is 2. The van der Waals surface area contributed by atoms with E-state index < -0.39 is 53.6 Å². The van der Waals surface area contributed by atoms with Gasteiger partial charge >= 0.3 is 24.0 Å². The lowest BCUT2D eigenvalue weighted by Crippen LogP contribution is -2.45. The van der Waals surface area contributed by atoms with Gasteiger partial charge < -0.3 is 37.9 Å². The first-order chi connectivity index (χ1) is 29.3. The van der Waals surface area contributed by atoms with Gasteiger partial charge in [0.2, 0.25) is 5.82 Å². The van der Waals surface area contributed by atoms with Crippen LogP contribution in [-0.4, -0.2) is 105 Å². The number of hydrogen-bond donors (Lipinski definition) is 0. The normalized spacial score (nSPS) is 20.1. The van der Waals surface area contributed by atoms with Crippen molar-refractivity contribution in [2.45, 2.75) is 104 Å². The maximum absolute atomic E-state index is 16.1. The van der Waals surface area contributed by atoms with Crippen molar-refractivity contribution >= 4 is 57.0 Å². The molecule has 0 aliphatic carbocycles. The first-order valence-corrected chi connectivity index (χ1v) is 20.9. The number of fused-ring (bicyclic) bond motifs is 4. The van der Waals surface area contributed by atoms with Gasteiger partial charge in [-0.05, 0) is 85.1 Å².